The van der Waals surface area contributed by atoms with E-state index >= 15 is 0 Å². The number of aliphatic carboxylic acids is 1. The Morgan fingerprint density at radius 3 is 2.21 bits per heavy atom. The van der Waals surface area contributed by atoms with Gasteiger partial charge in [-0.3, -0.25) is 0 Å². The van der Waals surface area contributed by atoms with Crippen molar-refractivity contribution >= 4 is 11.7 Å². The molecule has 0 spiro atoms. The summed E-state index contributed by atoms with van der Waals surface area (Å²) in [7, 11) is 0. The van der Waals surface area contributed by atoms with Crippen LogP contribution in [0, 0.1) is 12.0 Å². The summed E-state index contributed by atoms with van der Waals surface area (Å²) in [6.07, 6.45) is 15.4. The predicted octanol–water partition coefficient (Wildman–Crippen LogP) is 4.23. The van der Waals surface area contributed by atoms with Gasteiger partial charge in [0.2, 0.25) is 12.3 Å². The Balaban J connectivity index is 2.18. The van der Waals surface area contributed by atoms with Gasteiger partial charge in [0.1, 0.15) is 12.8 Å². The molecule has 0 saturated heterocycles. The zero-order valence-electron chi connectivity index (χ0n) is 18.1. The second-order valence-corrected chi connectivity index (χ2v) is 7.99. The van der Waals surface area contributed by atoms with Crippen LogP contribution in [0.2, 0.25) is 0 Å². The Kier molecular flexibility index (Phi) is 13.5. The molecule has 0 saturated carbocycles. The smallest absolute Gasteiger partial charge is 0.369 e. The van der Waals surface area contributed by atoms with Gasteiger partial charge in [0.15, 0.2) is 0 Å². The predicted molar refractivity (Wildman–Crippen MR) is 114 cm³/mol. The molecule has 0 aromatic rings. The standard InChI is InChI=1S/C23H40N2O3/c1-3-4-5-6-7-8-9-10-11-12-13-15-22(26)24-17-14-18-25(20-23(27)28)21(2)16-19-24/h22,26H,3-15,17-18,20H2,1-2H3/p+1. The molecule has 1 unspecified atom stereocenters. The molecule has 0 fully saturated rings. The van der Waals surface area contributed by atoms with Crippen molar-refractivity contribution in [3.8, 4) is 12.0 Å². The lowest BCUT2D eigenvalue weighted by atomic mass is 10.0. The fourth-order valence-corrected chi connectivity index (χ4v) is 3.62. The zero-order valence-corrected chi connectivity index (χ0v) is 18.1. The molecule has 0 bridgehead atoms. The molecule has 28 heavy (non-hydrogen) atoms. The van der Waals surface area contributed by atoms with Crippen LogP contribution < -0.4 is 0 Å². The summed E-state index contributed by atoms with van der Waals surface area (Å²) in [5, 5.41) is 19.4. The molecular weight excluding hydrogens is 352 g/mol. The molecule has 1 aliphatic heterocycles. The highest BCUT2D eigenvalue weighted by atomic mass is 16.4. The zero-order chi connectivity index (χ0) is 20.6. The van der Waals surface area contributed by atoms with Gasteiger partial charge in [0.05, 0.1) is 0 Å². The Morgan fingerprint density at radius 1 is 1.07 bits per heavy atom. The maximum absolute atomic E-state index is 10.9. The first-order valence-electron chi connectivity index (χ1n) is 11.3. The van der Waals surface area contributed by atoms with E-state index in [0.717, 1.165) is 25.0 Å². The van der Waals surface area contributed by atoms with Gasteiger partial charge >= 0.3 is 5.97 Å². The van der Waals surface area contributed by atoms with E-state index in [2.05, 4.69) is 18.9 Å². The van der Waals surface area contributed by atoms with Crippen LogP contribution in [0.3, 0.4) is 0 Å². The molecule has 1 atom stereocenters. The number of carboxylic acids is 1. The Hall–Kier alpha value is -1.54. The monoisotopic (exact) mass is 393 g/mol. The van der Waals surface area contributed by atoms with Gasteiger partial charge in [-0.25, -0.2) is 9.37 Å². The second kappa shape index (κ2) is 15.4. The van der Waals surface area contributed by atoms with Gasteiger partial charge in [-0.2, -0.15) is 0 Å². The van der Waals surface area contributed by atoms with Crippen molar-refractivity contribution in [3.63, 3.8) is 0 Å². The van der Waals surface area contributed by atoms with Gasteiger partial charge in [0, 0.05) is 31.9 Å². The third-order valence-electron chi connectivity index (χ3n) is 5.43. The second-order valence-electron chi connectivity index (χ2n) is 7.99. The topological polar surface area (TPSA) is 63.8 Å². The van der Waals surface area contributed by atoms with Crippen molar-refractivity contribution in [2.75, 3.05) is 19.6 Å². The lowest BCUT2D eigenvalue weighted by molar-refractivity contribution is -0.518. The molecule has 2 N–H and O–H groups in total. The lowest BCUT2D eigenvalue weighted by Crippen LogP contribution is -2.36. The lowest BCUT2D eigenvalue weighted by Gasteiger charge is -2.24. The first-order valence-corrected chi connectivity index (χ1v) is 11.3. The van der Waals surface area contributed by atoms with Crippen molar-refractivity contribution < 1.29 is 19.6 Å². The average molecular weight is 394 g/mol. The number of unbranched alkanes of at least 4 members (excludes halogenated alkanes) is 10. The Morgan fingerprint density at radius 2 is 1.64 bits per heavy atom. The van der Waals surface area contributed by atoms with Gasteiger partial charge in [-0.1, -0.05) is 71.1 Å². The van der Waals surface area contributed by atoms with Crippen LogP contribution >= 0.6 is 0 Å². The van der Waals surface area contributed by atoms with Gasteiger partial charge < -0.3 is 15.1 Å². The molecular formula is C23H41N2O3+. The number of aliphatic hydroxyl groups is 1. The molecule has 0 aromatic carbocycles. The minimum atomic E-state index is -0.838. The summed E-state index contributed by atoms with van der Waals surface area (Å²) in [5.74, 6) is 2.17. The summed E-state index contributed by atoms with van der Waals surface area (Å²) in [6.45, 7) is 5.43. The van der Waals surface area contributed by atoms with E-state index in [1.807, 2.05) is 11.8 Å². The SMILES string of the molecule is CCCCCCCCCCCCCC(O)N1C#CC(C)=[N+](CC(=O)O)CCC1. The molecule has 1 aliphatic rings. The highest BCUT2D eigenvalue weighted by Crippen LogP contribution is 2.13. The normalized spacial score (nSPS) is 15.6. The molecule has 0 amide bonds. The first-order chi connectivity index (χ1) is 13.5. The van der Waals surface area contributed by atoms with Crippen LogP contribution in [0.15, 0.2) is 0 Å². The van der Waals surface area contributed by atoms with E-state index in [-0.39, 0.29) is 6.54 Å². The number of carbonyl (C=O) groups is 1. The van der Waals surface area contributed by atoms with Crippen LogP contribution in [-0.2, 0) is 4.79 Å². The van der Waals surface area contributed by atoms with Gasteiger partial charge in [-0.05, 0) is 12.8 Å². The molecule has 160 valence electrons. The fourth-order valence-electron chi connectivity index (χ4n) is 3.62. The number of nitrogens with zero attached hydrogens (tertiary/aromatic N) is 2. The number of aliphatic hydroxyl groups excluding tert-OH is 1. The van der Waals surface area contributed by atoms with Gasteiger partial charge in [0.25, 0.3) is 0 Å². The minimum Gasteiger partial charge on any atom is -0.477 e. The van der Waals surface area contributed by atoms with Crippen LogP contribution in [-0.4, -0.2) is 57.2 Å². The van der Waals surface area contributed by atoms with E-state index in [9.17, 15) is 9.90 Å². The van der Waals surface area contributed by atoms with Crippen molar-refractivity contribution in [2.24, 2.45) is 0 Å². The third kappa shape index (κ3) is 11.3. The number of rotatable bonds is 15. The molecule has 5 heteroatoms. The van der Waals surface area contributed by atoms with Crippen LogP contribution in [0.4, 0.5) is 0 Å². The summed E-state index contributed by atoms with van der Waals surface area (Å²) in [4.78, 5) is 12.7. The van der Waals surface area contributed by atoms with Crippen LogP contribution in [0.25, 0.3) is 0 Å². The highest BCUT2D eigenvalue weighted by molar-refractivity contribution is 5.94. The highest BCUT2D eigenvalue weighted by Gasteiger charge is 2.19. The number of carboxylic acid groups (broad SMARTS) is 1. The quantitative estimate of drug-likeness (QED) is 0.248. The summed E-state index contributed by atoms with van der Waals surface area (Å²) in [5.41, 5.74) is 0.758. The largest absolute Gasteiger partial charge is 0.477 e. The molecule has 0 aromatic heterocycles. The summed E-state index contributed by atoms with van der Waals surface area (Å²) in [6, 6.07) is 3.03. The first kappa shape index (κ1) is 24.5. The Labute approximate surface area is 171 Å². The van der Waals surface area contributed by atoms with E-state index in [1.54, 1.807) is 4.58 Å². The van der Waals surface area contributed by atoms with Crippen molar-refractivity contribution in [1.29, 1.82) is 0 Å². The van der Waals surface area contributed by atoms with Crippen molar-refractivity contribution in [2.45, 2.75) is 104 Å². The van der Waals surface area contributed by atoms with Crippen LogP contribution in [0.5, 0.6) is 0 Å². The van der Waals surface area contributed by atoms with E-state index in [1.165, 1.54) is 64.2 Å². The van der Waals surface area contributed by atoms with Gasteiger partial charge in [-0.15, -0.1) is 0 Å². The molecule has 1 heterocycles. The maximum Gasteiger partial charge on any atom is 0.369 e. The van der Waals surface area contributed by atoms with E-state index < -0.39 is 12.2 Å². The van der Waals surface area contributed by atoms with Crippen LogP contribution in [0.1, 0.15) is 97.3 Å². The summed E-state index contributed by atoms with van der Waals surface area (Å²) >= 11 is 0. The maximum atomic E-state index is 10.9. The molecule has 0 aliphatic carbocycles. The molecule has 5 nitrogen and oxygen atoms in total. The van der Waals surface area contributed by atoms with E-state index in [4.69, 9.17) is 5.11 Å². The summed E-state index contributed by atoms with van der Waals surface area (Å²) < 4.78 is 1.79. The average Bonchev–Trinajstić information content (AvgIpc) is 2.65. The third-order valence-corrected chi connectivity index (χ3v) is 5.43. The van der Waals surface area contributed by atoms with Crippen molar-refractivity contribution in [3.05, 3.63) is 0 Å². The number of hydrogen-bond donors (Lipinski definition) is 2. The van der Waals surface area contributed by atoms with E-state index in [0.29, 0.717) is 13.1 Å². The number of hydrogen-bond acceptors (Lipinski definition) is 3. The molecule has 1 rings (SSSR count). The van der Waals surface area contributed by atoms with Crippen molar-refractivity contribution in [1.82, 2.24) is 4.90 Å². The fraction of sp³-hybridized carbons (Fsp3) is 0.826. The minimum absolute atomic E-state index is 0.0121. The molecule has 0 radical (unpaired) electrons. The Bertz CT molecular complexity index is 534.